The Labute approximate surface area is 166 Å². The van der Waals surface area contributed by atoms with Crippen LogP contribution in [0.4, 0.5) is 13.2 Å². The number of aliphatic carboxylic acids is 1. The molecule has 10 heteroatoms. The Hall–Kier alpha value is -2.00. The lowest BCUT2D eigenvalue weighted by molar-refractivity contribution is -0.188. The van der Waals surface area contributed by atoms with Gasteiger partial charge in [-0.05, 0) is 13.0 Å². The fourth-order valence-electron chi connectivity index (χ4n) is 3.68. The van der Waals surface area contributed by atoms with Gasteiger partial charge in [-0.15, -0.1) is 12.4 Å². The van der Waals surface area contributed by atoms with Crippen molar-refractivity contribution >= 4 is 24.3 Å². The standard InChI is InChI=1S/C18H21F3N2O4.ClH/c1-10(23-8-12(17(25)26)13(9-23)18(19,20)21)16(24)22-14-6-7-27-15-5-3-2-4-11(14)15;/h2-5,10,12-14H,6-9H2,1H3,(H,22,24)(H,25,26);1H/t10?,12-,13-,14?;/m1./s1. The molecule has 2 aliphatic heterocycles. The zero-order chi connectivity index (χ0) is 19.8. The molecule has 2 aliphatic rings. The molecule has 2 unspecified atom stereocenters. The molecular weight excluding hydrogens is 401 g/mol. The third kappa shape index (κ3) is 4.52. The average Bonchev–Trinajstić information content (AvgIpc) is 3.07. The van der Waals surface area contributed by atoms with Crippen LogP contribution < -0.4 is 10.1 Å². The van der Waals surface area contributed by atoms with Crippen molar-refractivity contribution in [2.24, 2.45) is 11.8 Å². The molecule has 0 aliphatic carbocycles. The first-order chi connectivity index (χ1) is 12.7. The van der Waals surface area contributed by atoms with Gasteiger partial charge in [0.15, 0.2) is 0 Å². The number of likely N-dealkylation sites (tertiary alicyclic amines) is 1. The van der Waals surface area contributed by atoms with Gasteiger partial charge in [0.25, 0.3) is 0 Å². The molecular formula is C18H22ClF3N2O4. The SMILES string of the molecule is CC(C(=O)NC1CCOc2ccccc21)N1C[C@@H](C(F)(F)F)[C@H](C(=O)O)C1.Cl. The maximum atomic E-state index is 13.1. The Morgan fingerprint density at radius 2 is 1.96 bits per heavy atom. The van der Waals surface area contributed by atoms with Gasteiger partial charge in [0.1, 0.15) is 5.75 Å². The van der Waals surface area contributed by atoms with E-state index in [1.54, 1.807) is 6.07 Å². The minimum Gasteiger partial charge on any atom is -0.493 e. The van der Waals surface area contributed by atoms with Crippen LogP contribution in [0.1, 0.15) is 24.9 Å². The summed E-state index contributed by atoms with van der Waals surface area (Å²) in [5.74, 6) is -4.79. The van der Waals surface area contributed by atoms with E-state index >= 15 is 0 Å². The molecule has 1 saturated heterocycles. The highest BCUT2D eigenvalue weighted by Crippen LogP contribution is 2.38. The van der Waals surface area contributed by atoms with Crippen molar-refractivity contribution in [3.8, 4) is 5.75 Å². The lowest BCUT2D eigenvalue weighted by Crippen LogP contribution is -2.46. The van der Waals surface area contributed by atoms with Crippen LogP contribution in [-0.2, 0) is 9.59 Å². The maximum absolute atomic E-state index is 13.1. The molecule has 0 radical (unpaired) electrons. The number of rotatable bonds is 4. The van der Waals surface area contributed by atoms with Crippen molar-refractivity contribution in [3.63, 3.8) is 0 Å². The minimum absolute atomic E-state index is 0. The molecule has 3 rings (SSSR count). The second-order valence-electron chi connectivity index (χ2n) is 6.96. The number of ether oxygens (including phenoxy) is 1. The fraction of sp³-hybridized carbons (Fsp3) is 0.556. The van der Waals surface area contributed by atoms with E-state index in [1.807, 2.05) is 18.2 Å². The summed E-state index contributed by atoms with van der Waals surface area (Å²) >= 11 is 0. The third-order valence-corrected chi connectivity index (χ3v) is 5.29. The zero-order valence-corrected chi connectivity index (χ0v) is 15.9. The van der Waals surface area contributed by atoms with E-state index < -0.39 is 42.5 Å². The summed E-state index contributed by atoms with van der Waals surface area (Å²) in [7, 11) is 0. The van der Waals surface area contributed by atoms with Crippen LogP contribution in [0, 0.1) is 11.8 Å². The largest absolute Gasteiger partial charge is 0.493 e. The van der Waals surface area contributed by atoms with Crippen molar-refractivity contribution < 1.29 is 32.6 Å². The number of halogens is 4. The van der Waals surface area contributed by atoms with Crippen LogP contribution in [0.5, 0.6) is 5.75 Å². The molecule has 2 N–H and O–H groups in total. The number of nitrogens with one attached hydrogen (secondary N) is 1. The van der Waals surface area contributed by atoms with E-state index in [2.05, 4.69) is 5.32 Å². The van der Waals surface area contributed by atoms with Crippen LogP contribution in [0.2, 0.25) is 0 Å². The van der Waals surface area contributed by atoms with Crippen molar-refractivity contribution in [1.82, 2.24) is 10.2 Å². The van der Waals surface area contributed by atoms with E-state index in [9.17, 15) is 22.8 Å². The normalized spacial score (nSPS) is 25.8. The van der Waals surface area contributed by atoms with E-state index in [-0.39, 0.29) is 25.0 Å². The molecule has 1 aromatic rings. The molecule has 6 nitrogen and oxygen atoms in total. The third-order valence-electron chi connectivity index (χ3n) is 5.29. The number of hydrogen-bond acceptors (Lipinski definition) is 4. The number of fused-ring (bicyclic) bond motifs is 1. The van der Waals surface area contributed by atoms with E-state index in [1.165, 1.54) is 11.8 Å². The number of nitrogens with zero attached hydrogens (tertiary/aromatic N) is 1. The van der Waals surface area contributed by atoms with E-state index in [0.29, 0.717) is 18.8 Å². The summed E-state index contributed by atoms with van der Waals surface area (Å²) in [6.45, 7) is 1.12. The Kier molecular flexibility index (Phi) is 6.82. The summed E-state index contributed by atoms with van der Waals surface area (Å²) in [5, 5.41) is 12.0. The first kappa shape index (κ1) is 22.3. The molecule has 1 aromatic carbocycles. The van der Waals surface area contributed by atoms with Crippen LogP contribution in [-0.4, -0.2) is 53.8 Å². The lowest BCUT2D eigenvalue weighted by atomic mass is 9.96. The number of hydrogen-bond donors (Lipinski definition) is 2. The molecule has 0 saturated carbocycles. The van der Waals surface area contributed by atoms with Gasteiger partial charge in [0.2, 0.25) is 5.91 Å². The van der Waals surface area contributed by atoms with Gasteiger partial charge in [-0.3, -0.25) is 14.5 Å². The Bertz CT molecular complexity index is 731. The molecule has 28 heavy (non-hydrogen) atoms. The molecule has 0 spiro atoms. The van der Waals surface area contributed by atoms with Crippen LogP contribution in [0.3, 0.4) is 0 Å². The Morgan fingerprint density at radius 1 is 1.29 bits per heavy atom. The predicted octanol–water partition coefficient (Wildman–Crippen LogP) is 2.63. The zero-order valence-electron chi connectivity index (χ0n) is 15.1. The van der Waals surface area contributed by atoms with E-state index in [0.717, 1.165) is 5.56 Å². The summed E-state index contributed by atoms with van der Waals surface area (Å²) in [6.07, 6.45) is -4.06. The molecule has 2 heterocycles. The van der Waals surface area contributed by atoms with Gasteiger partial charge in [-0.1, -0.05) is 18.2 Å². The molecule has 156 valence electrons. The fourth-order valence-corrected chi connectivity index (χ4v) is 3.68. The predicted molar refractivity (Wildman–Crippen MR) is 96.4 cm³/mol. The number of carboxylic acids is 1. The molecule has 1 fully saturated rings. The van der Waals surface area contributed by atoms with Gasteiger partial charge < -0.3 is 15.2 Å². The number of para-hydroxylation sites is 1. The van der Waals surface area contributed by atoms with Crippen molar-refractivity contribution in [3.05, 3.63) is 29.8 Å². The van der Waals surface area contributed by atoms with Gasteiger partial charge >= 0.3 is 12.1 Å². The van der Waals surface area contributed by atoms with Crippen molar-refractivity contribution in [2.75, 3.05) is 19.7 Å². The highest BCUT2D eigenvalue weighted by atomic mass is 35.5. The summed E-state index contributed by atoms with van der Waals surface area (Å²) in [4.78, 5) is 25.1. The molecule has 0 aromatic heterocycles. The van der Waals surface area contributed by atoms with Gasteiger partial charge in [0.05, 0.1) is 30.5 Å². The maximum Gasteiger partial charge on any atom is 0.393 e. The van der Waals surface area contributed by atoms with Gasteiger partial charge in [0, 0.05) is 25.1 Å². The molecule has 0 bridgehead atoms. The first-order valence-electron chi connectivity index (χ1n) is 8.74. The monoisotopic (exact) mass is 422 g/mol. The van der Waals surface area contributed by atoms with Crippen LogP contribution in [0.15, 0.2) is 24.3 Å². The Balaban J connectivity index is 0.00000280. The Morgan fingerprint density at radius 3 is 2.57 bits per heavy atom. The van der Waals surface area contributed by atoms with Crippen LogP contribution >= 0.6 is 12.4 Å². The second kappa shape index (κ2) is 8.57. The second-order valence-corrected chi connectivity index (χ2v) is 6.96. The summed E-state index contributed by atoms with van der Waals surface area (Å²) in [5.41, 5.74) is 0.822. The average molecular weight is 423 g/mol. The van der Waals surface area contributed by atoms with Crippen molar-refractivity contribution in [2.45, 2.75) is 31.6 Å². The number of benzene rings is 1. The first-order valence-corrected chi connectivity index (χ1v) is 8.74. The van der Waals surface area contributed by atoms with E-state index in [4.69, 9.17) is 9.84 Å². The quantitative estimate of drug-likeness (QED) is 0.780. The summed E-state index contributed by atoms with van der Waals surface area (Å²) < 4.78 is 45.0. The van der Waals surface area contributed by atoms with Crippen molar-refractivity contribution in [1.29, 1.82) is 0 Å². The number of carbonyl (C=O) groups excluding carboxylic acids is 1. The molecule has 1 amide bonds. The highest BCUT2D eigenvalue weighted by Gasteiger charge is 2.53. The number of carbonyl (C=O) groups is 2. The summed E-state index contributed by atoms with van der Waals surface area (Å²) in [6, 6.07) is 6.11. The minimum atomic E-state index is -4.62. The number of amides is 1. The van der Waals surface area contributed by atoms with Crippen LogP contribution in [0.25, 0.3) is 0 Å². The number of alkyl halides is 3. The lowest BCUT2D eigenvalue weighted by Gasteiger charge is -2.30. The topological polar surface area (TPSA) is 78.9 Å². The smallest absolute Gasteiger partial charge is 0.393 e. The van der Waals surface area contributed by atoms with Gasteiger partial charge in [-0.2, -0.15) is 13.2 Å². The van der Waals surface area contributed by atoms with Gasteiger partial charge in [-0.25, -0.2) is 0 Å². The number of carboxylic acid groups (broad SMARTS) is 1. The highest BCUT2D eigenvalue weighted by molar-refractivity contribution is 5.85. The molecule has 4 atom stereocenters.